The summed E-state index contributed by atoms with van der Waals surface area (Å²) in [5.74, 6) is -1.21. The van der Waals surface area contributed by atoms with Crippen molar-refractivity contribution in [2.24, 2.45) is 0 Å². The molecule has 2 N–H and O–H groups in total. The third kappa shape index (κ3) is 3.20. The Bertz CT molecular complexity index is 445. The maximum atomic E-state index is 11.9. The van der Waals surface area contributed by atoms with E-state index < -0.39 is 17.5 Å². The Kier molecular flexibility index (Phi) is 3.77. The number of nitrogen functional groups attached to an aromatic ring is 1. The lowest BCUT2D eigenvalue weighted by atomic mass is 10.1. The summed E-state index contributed by atoms with van der Waals surface area (Å²) in [7, 11) is 1.25. The van der Waals surface area contributed by atoms with Crippen LogP contribution in [-0.4, -0.2) is 24.6 Å². The second-order valence-corrected chi connectivity index (χ2v) is 5.29. The molecule has 6 heteroatoms. The number of methoxy groups -OCH3 is 1. The summed E-state index contributed by atoms with van der Waals surface area (Å²) in [6, 6.07) is 0. The molecule has 94 valence electrons. The van der Waals surface area contributed by atoms with Gasteiger partial charge >= 0.3 is 11.9 Å². The number of nitrogens with two attached hydrogens (primary N) is 1. The van der Waals surface area contributed by atoms with Crippen molar-refractivity contribution in [3.8, 4) is 0 Å². The quantitative estimate of drug-likeness (QED) is 0.820. The molecule has 1 aromatic heterocycles. The minimum absolute atomic E-state index is 0.0803. The van der Waals surface area contributed by atoms with Crippen LogP contribution in [0.3, 0.4) is 0 Å². The molecule has 1 heterocycles. The van der Waals surface area contributed by atoms with E-state index in [1.165, 1.54) is 12.5 Å². The number of esters is 2. The largest absolute Gasteiger partial charge is 0.465 e. The van der Waals surface area contributed by atoms with Crippen LogP contribution in [-0.2, 0) is 9.47 Å². The van der Waals surface area contributed by atoms with Crippen LogP contribution in [0.25, 0.3) is 0 Å². The molecular formula is C11H15NO4S. The molecule has 0 aliphatic heterocycles. The first-order valence-electron chi connectivity index (χ1n) is 4.95. The van der Waals surface area contributed by atoms with Crippen LogP contribution in [0.2, 0.25) is 0 Å². The monoisotopic (exact) mass is 257 g/mol. The van der Waals surface area contributed by atoms with Crippen molar-refractivity contribution in [2.45, 2.75) is 26.4 Å². The van der Waals surface area contributed by atoms with Crippen molar-refractivity contribution in [3.63, 3.8) is 0 Å². The standard InChI is InChI=1S/C11H15NO4S/c1-11(2,3)16-10(14)7-6(9(13)15-4)5-17-8(7)12/h5H,12H2,1-4H3. The van der Waals surface area contributed by atoms with Gasteiger partial charge in [-0.05, 0) is 20.8 Å². The number of carbonyl (C=O) groups excluding carboxylic acids is 2. The lowest BCUT2D eigenvalue weighted by molar-refractivity contribution is 0.00672. The summed E-state index contributed by atoms with van der Waals surface area (Å²) < 4.78 is 9.75. The number of rotatable bonds is 2. The van der Waals surface area contributed by atoms with Crippen molar-refractivity contribution in [1.29, 1.82) is 0 Å². The second-order valence-electron chi connectivity index (χ2n) is 4.38. The van der Waals surface area contributed by atoms with Gasteiger partial charge in [-0.2, -0.15) is 0 Å². The average molecular weight is 257 g/mol. The third-order valence-electron chi connectivity index (χ3n) is 1.83. The molecule has 5 nitrogen and oxygen atoms in total. The van der Waals surface area contributed by atoms with E-state index in [1.807, 2.05) is 0 Å². The van der Waals surface area contributed by atoms with Crippen LogP contribution < -0.4 is 5.73 Å². The molecule has 0 spiro atoms. The van der Waals surface area contributed by atoms with Gasteiger partial charge in [0.1, 0.15) is 16.2 Å². The lowest BCUT2D eigenvalue weighted by Gasteiger charge is -2.19. The second kappa shape index (κ2) is 4.75. The summed E-state index contributed by atoms with van der Waals surface area (Å²) in [6.45, 7) is 5.22. The number of anilines is 1. The van der Waals surface area contributed by atoms with Gasteiger partial charge in [0.15, 0.2) is 0 Å². The zero-order valence-electron chi connectivity index (χ0n) is 10.2. The van der Waals surface area contributed by atoms with E-state index >= 15 is 0 Å². The summed E-state index contributed by atoms with van der Waals surface area (Å²) in [5.41, 5.74) is 5.25. The van der Waals surface area contributed by atoms with Crippen molar-refractivity contribution >= 4 is 28.3 Å². The predicted molar refractivity (Wildman–Crippen MR) is 65.2 cm³/mol. The minimum atomic E-state index is -0.640. The Hall–Kier alpha value is -1.56. The average Bonchev–Trinajstić information content (AvgIpc) is 2.56. The minimum Gasteiger partial charge on any atom is -0.465 e. The van der Waals surface area contributed by atoms with Gasteiger partial charge in [0.25, 0.3) is 0 Å². The maximum absolute atomic E-state index is 11.9. The molecule has 0 atom stereocenters. The molecule has 0 fully saturated rings. The first-order chi connectivity index (χ1) is 7.76. The van der Waals surface area contributed by atoms with E-state index in [0.29, 0.717) is 0 Å². The van der Waals surface area contributed by atoms with Gasteiger partial charge in [-0.25, -0.2) is 9.59 Å². The van der Waals surface area contributed by atoms with Crippen LogP contribution >= 0.6 is 11.3 Å². The number of carbonyl (C=O) groups is 2. The maximum Gasteiger partial charge on any atom is 0.342 e. The first kappa shape index (κ1) is 13.5. The fourth-order valence-electron chi connectivity index (χ4n) is 1.17. The fourth-order valence-corrected chi connectivity index (χ4v) is 1.94. The highest BCUT2D eigenvalue weighted by Crippen LogP contribution is 2.27. The molecule has 0 bridgehead atoms. The number of hydrogen-bond acceptors (Lipinski definition) is 6. The summed E-state index contributed by atoms with van der Waals surface area (Å²) in [6.07, 6.45) is 0. The van der Waals surface area contributed by atoms with Gasteiger partial charge < -0.3 is 15.2 Å². The molecule has 0 radical (unpaired) electrons. The highest BCUT2D eigenvalue weighted by Gasteiger charge is 2.27. The predicted octanol–water partition coefficient (Wildman–Crippen LogP) is 2.07. The number of thiophene rings is 1. The third-order valence-corrected chi connectivity index (χ3v) is 2.64. The van der Waals surface area contributed by atoms with Crippen LogP contribution in [0.4, 0.5) is 5.00 Å². The van der Waals surface area contributed by atoms with E-state index in [-0.39, 0.29) is 16.1 Å². The smallest absolute Gasteiger partial charge is 0.342 e. The van der Waals surface area contributed by atoms with Crippen molar-refractivity contribution in [3.05, 3.63) is 16.5 Å². The van der Waals surface area contributed by atoms with Gasteiger partial charge in [0.2, 0.25) is 0 Å². The normalized spacial score (nSPS) is 11.1. The topological polar surface area (TPSA) is 78.6 Å². The molecule has 0 aliphatic rings. The van der Waals surface area contributed by atoms with Crippen molar-refractivity contribution < 1.29 is 19.1 Å². The Morgan fingerprint density at radius 2 is 1.88 bits per heavy atom. The van der Waals surface area contributed by atoms with Gasteiger partial charge in [-0.1, -0.05) is 0 Å². The lowest BCUT2D eigenvalue weighted by Crippen LogP contribution is -2.25. The molecule has 0 unspecified atom stereocenters. The van der Waals surface area contributed by atoms with E-state index in [0.717, 1.165) is 11.3 Å². The molecule has 0 amide bonds. The van der Waals surface area contributed by atoms with Crippen LogP contribution in [0.15, 0.2) is 5.38 Å². The zero-order valence-corrected chi connectivity index (χ0v) is 11.0. The molecule has 1 aromatic rings. The summed E-state index contributed by atoms with van der Waals surface area (Å²) in [5, 5.41) is 1.74. The van der Waals surface area contributed by atoms with Gasteiger partial charge in [0, 0.05) is 5.38 Å². The summed E-state index contributed by atoms with van der Waals surface area (Å²) >= 11 is 1.11. The van der Waals surface area contributed by atoms with Crippen LogP contribution in [0.5, 0.6) is 0 Å². The molecule has 17 heavy (non-hydrogen) atoms. The van der Waals surface area contributed by atoms with Crippen molar-refractivity contribution in [2.75, 3.05) is 12.8 Å². The SMILES string of the molecule is COC(=O)c1csc(N)c1C(=O)OC(C)(C)C. The van der Waals surface area contributed by atoms with Crippen LogP contribution in [0.1, 0.15) is 41.5 Å². The van der Waals surface area contributed by atoms with Gasteiger partial charge in [-0.3, -0.25) is 0 Å². The van der Waals surface area contributed by atoms with Crippen molar-refractivity contribution in [1.82, 2.24) is 0 Å². The summed E-state index contributed by atoms with van der Waals surface area (Å²) in [4.78, 5) is 23.3. The van der Waals surface area contributed by atoms with E-state index in [4.69, 9.17) is 10.5 Å². The van der Waals surface area contributed by atoms with E-state index in [2.05, 4.69) is 4.74 Å². The molecule has 0 saturated heterocycles. The fraction of sp³-hybridized carbons (Fsp3) is 0.455. The Morgan fingerprint density at radius 3 is 2.35 bits per heavy atom. The molecule has 0 aromatic carbocycles. The first-order valence-corrected chi connectivity index (χ1v) is 5.83. The van der Waals surface area contributed by atoms with E-state index in [9.17, 15) is 9.59 Å². The number of hydrogen-bond donors (Lipinski definition) is 1. The number of ether oxygens (including phenoxy) is 2. The van der Waals surface area contributed by atoms with E-state index in [1.54, 1.807) is 20.8 Å². The highest BCUT2D eigenvalue weighted by atomic mass is 32.1. The van der Waals surface area contributed by atoms with Gasteiger partial charge in [-0.15, -0.1) is 11.3 Å². The Balaban J connectivity index is 3.09. The highest BCUT2D eigenvalue weighted by molar-refractivity contribution is 7.14. The van der Waals surface area contributed by atoms with Gasteiger partial charge in [0.05, 0.1) is 12.7 Å². The Morgan fingerprint density at radius 1 is 1.29 bits per heavy atom. The Labute approximate surface area is 104 Å². The molecule has 0 aliphatic carbocycles. The molecule has 0 saturated carbocycles. The van der Waals surface area contributed by atoms with Crippen LogP contribution in [0, 0.1) is 0 Å². The molecule has 1 rings (SSSR count). The zero-order chi connectivity index (χ0) is 13.2. The molecular weight excluding hydrogens is 242 g/mol.